The zero-order chi connectivity index (χ0) is 30.7. The van der Waals surface area contributed by atoms with E-state index in [1.807, 2.05) is 0 Å². The fourth-order valence-corrected chi connectivity index (χ4v) is 4.96. The topological polar surface area (TPSA) is 97.3 Å². The van der Waals surface area contributed by atoms with Gasteiger partial charge < -0.3 is 24.6 Å². The van der Waals surface area contributed by atoms with E-state index in [1.165, 1.54) is 12.2 Å². The highest BCUT2D eigenvalue weighted by Gasteiger charge is 2.61. The van der Waals surface area contributed by atoms with Gasteiger partial charge in [-0.25, -0.2) is 13.6 Å². The third-order valence-electron chi connectivity index (χ3n) is 7.30. The van der Waals surface area contributed by atoms with Crippen LogP contribution in [-0.4, -0.2) is 60.9 Å². The lowest BCUT2D eigenvalue weighted by molar-refractivity contribution is -0.305. The van der Waals surface area contributed by atoms with E-state index in [0.717, 1.165) is 23.1 Å². The predicted molar refractivity (Wildman–Crippen MR) is 141 cm³/mol. The molecule has 4 rings (SSSR count). The van der Waals surface area contributed by atoms with E-state index < -0.39 is 41.2 Å². The number of halogens is 5. The number of nitrogens with zero attached hydrogens (tertiary/aromatic N) is 1. The van der Waals surface area contributed by atoms with Crippen molar-refractivity contribution in [3.63, 3.8) is 0 Å². The second kappa shape index (κ2) is 12.2. The molecule has 3 amide bonds. The van der Waals surface area contributed by atoms with E-state index in [-0.39, 0.29) is 37.3 Å². The zero-order valence-electron chi connectivity index (χ0n) is 23.0. The van der Waals surface area contributed by atoms with E-state index in [0.29, 0.717) is 36.7 Å². The van der Waals surface area contributed by atoms with Crippen molar-refractivity contribution in [1.82, 2.24) is 10.2 Å². The van der Waals surface area contributed by atoms with Crippen LogP contribution in [0.4, 0.5) is 26.7 Å². The fraction of sp³-hybridized carbons (Fsp3) is 0.448. The summed E-state index contributed by atoms with van der Waals surface area (Å²) in [4.78, 5) is 27.2. The summed E-state index contributed by atoms with van der Waals surface area (Å²) in [6.45, 7) is 4.14. The van der Waals surface area contributed by atoms with Crippen LogP contribution in [0.15, 0.2) is 48.6 Å². The number of carbonyl (C=O) groups excluding carboxylic acids is 2. The van der Waals surface area contributed by atoms with Crippen molar-refractivity contribution >= 4 is 11.9 Å². The first-order chi connectivity index (χ1) is 19.9. The Balaban J connectivity index is 1.44. The van der Waals surface area contributed by atoms with Crippen LogP contribution in [0, 0.1) is 0 Å². The maximum absolute atomic E-state index is 13.4. The van der Waals surface area contributed by atoms with Crippen molar-refractivity contribution in [2.24, 2.45) is 0 Å². The van der Waals surface area contributed by atoms with Crippen LogP contribution in [0.25, 0.3) is 0 Å². The molecule has 0 radical (unpaired) electrons. The number of hydrogen-bond acceptors (Lipinski definition) is 6. The van der Waals surface area contributed by atoms with Crippen LogP contribution in [0.5, 0.6) is 17.2 Å². The molecule has 13 heteroatoms. The van der Waals surface area contributed by atoms with Gasteiger partial charge in [-0.1, -0.05) is 38.5 Å². The highest BCUT2D eigenvalue weighted by atomic mass is 19.4. The number of urea groups is 1. The van der Waals surface area contributed by atoms with Crippen molar-refractivity contribution in [2.75, 3.05) is 26.4 Å². The Hall–Kier alpha value is -3.87. The molecule has 0 aliphatic carbocycles. The number of aryl methyl sites for hydroxylation is 1. The number of aliphatic hydroxyl groups is 1. The number of rotatable bonds is 11. The fourth-order valence-electron chi connectivity index (χ4n) is 4.96. The maximum atomic E-state index is 13.4. The zero-order valence-corrected chi connectivity index (χ0v) is 23.0. The number of nitrogens with one attached hydrogen (secondary N) is 1. The Morgan fingerprint density at radius 3 is 2.43 bits per heavy atom. The third kappa shape index (κ3) is 5.61. The van der Waals surface area contributed by atoms with Crippen molar-refractivity contribution in [1.29, 1.82) is 0 Å². The van der Waals surface area contributed by atoms with Crippen molar-refractivity contribution < 1.29 is 50.9 Å². The molecule has 1 fully saturated rings. The van der Waals surface area contributed by atoms with Gasteiger partial charge in [-0.15, -0.1) is 0 Å². The van der Waals surface area contributed by atoms with Gasteiger partial charge in [0.25, 0.3) is 12.3 Å². The van der Waals surface area contributed by atoms with Crippen molar-refractivity contribution in [2.45, 2.75) is 56.9 Å². The summed E-state index contributed by atoms with van der Waals surface area (Å²) in [6, 6.07) is 7.23. The molecule has 2 atom stereocenters. The number of fused-ring (bicyclic) bond motifs is 1. The minimum atomic E-state index is -5.59. The second-order valence-electron chi connectivity index (χ2n) is 9.88. The third-order valence-corrected chi connectivity index (χ3v) is 7.30. The molecule has 0 aromatic heterocycles. The molecular formula is C29H31F5N2O6. The number of benzene rings is 2. The molecule has 0 spiro atoms. The number of carbonyl (C=O) groups is 2. The highest BCUT2D eigenvalue weighted by molar-refractivity contribution is 6.07. The molecule has 8 nitrogen and oxygen atoms in total. The lowest BCUT2D eigenvalue weighted by Crippen LogP contribution is -2.48. The molecule has 2 aromatic rings. The quantitative estimate of drug-likeness (QED) is 0.209. The lowest BCUT2D eigenvalue weighted by Gasteiger charge is -2.30. The average molecular weight is 599 g/mol. The van der Waals surface area contributed by atoms with Gasteiger partial charge in [0, 0.05) is 6.54 Å². The van der Waals surface area contributed by atoms with Crippen LogP contribution < -0.4 is 19.5 Å². The van der Waals surface area contributed by atoms with Gasteiger partial charge in [-0.3, -0.25) is 9.69 Å². The lowest BCUT2D eigenvalue weighted by atomic mass is 9.87. The molecule has 2 unspecified atom stereocenters. The van der Waals surface area contributed by atoms with Gasteiger partial charge in [0.05, 0.1) is 0 Å². The van der Waals surface area contributed by atoms with Gasteiger partial charge in [-0.2, -0.15) is 13.2 Å². The maximum Gasteiger partial charge on any atom is 0.427 e. The van der Waals surface area contributed by atoms with Gasteiger partial charge in [0.15, 0.2) is 11.5 Å². The van der Waals surface area contributed by atoms with Crippen LogP contribution in [0.3, 0.4) is 0 Å². The van der Waals surface area contributed by atoms with Crippen LogP contribution in [0.2, 0.25) is 0 Å². The number of imide groups is 1. The Morgan fingerprint density at radius 1 is 1.07 bits per heavy atom. The molecule has 228 valence electrons. The van der Waals surface area contributed by atoms with E-state index in [2.05, 4.69) is 5.32 Å². The smallest absolute Gasteiger partial charge is 0.427 e. The standard InChI is InChI=1S/C29H31F5N2O6/c1-3-7-18-16-20(28(39,24(30)31)29(32,33)34)9-10-21(18)40-13-6-5-12-36-25(37)27(4-2,35-26(36)38)19-8-11-22-23(17-19)42-15-14-41-22/h5-6,8-11,16-17,24,39H,3-4,7,12-15H2,1-2H3,(H,35,38). The van der Waals surface area contributed by atoms with Crippen LogP contribution in [-0.2, 0) is 22.4 Å². The van der Waals surface area contributed by atoms with Crippen molar-refractivity contribution in [3.05, 3.63) is 65.2 Å². The van der Waals surface area contributed by atoms with Crippen LogP contribution >= 0.6 is 0 Å². The Morgan fingerprint density at radius 2 is 1.79 bits per heavy atom. The second-order valence-corrected chi connectivity index (χ2v) is 9.88. The number of ether oxygens (including phenoxy) is 3. The number of hydrogen-bond donors (Lipinski definition) is 2. The predicted octanol–water partition coefficient (Wildman–Crippen LogP) is 5.22. The Kier molecular flexibility index (Phi) is 9.00. The first-order valence-electron chi connectivity index (χ1n) is 13.4. The summed E-state index contributed by atoms with van der Waals surface area (Å²) in [5.41, 5.74) is -5.81. The summed E-state index contributed by atoms with van der Waals surface area (Å²) in [6.07, 6.45) is -5.66. The normalized spacial score (nSPS) is 20.3. The van der Waals surface area contributed by atoms with Crippen molar-refractivity contribution in [3.8, 4) is 17.2 Å². The average Bonchev–Trinajstić information content (AvgIpc) is 3.21. The van der Waals surface area contributed by atoms with E-state index >= 15 is 0 Å². The molecule has 0 bridgehead atoms. The molecular weight excluding hydrogens is 567 g/mol. The largest absolute Gasteiger partial charge is 0.489 e. The SMILES string of the molecule is CCCc1cc(C(O)(C(F)F)C(F)(F)F)ccc1OCC=CCN1C(=O)NC(CC)(c2ccc3c(c2)OCCO3)C1=O. The molecule has 2 N–H and O–H groups in total. The molecule has 2 aliphatic rings. The molecule has 2 heterocycles. The minimum absolute atomic E-state index is 0.0753. The van der Waals surface area contributed by atoms with E-state index in [4.69, 9.17) is 14.2 Å². The van der Waals surface area contributed by atoms with Gasteiger partial charge >= 0.3 is 12.2 Å². The first-order valence-corrected chi connectivity index (χ1v) is 13.4. The summed E-state index contributed by atoms with van der Waals surface area (Å²) < 4.78 is 83.4. The molecule has 2 aliphatic heterocycles. The monoisotopic (exact) mass is 598 g/mol. The van der Waals surface area contributed by atoms with Gasteiger partial charge in [-0.05, 0) is 59.9 Å². The van der Waals surface area contributed by atoms with E-state index in [9.17, 15) is 36.6 Å². The molecule has 0 saturated carbocycles. The van der Waals surface area contributed by atoms with E-state index in [1.54, 1.807) is 32.0 Å². The summed E-state index contributed by atoms with van der Waals surface area (Å²) in [5, 5.41) is 12.6. The molecule has 42 heavy (non-hydrogen) atoms. The number of amides is 3. The Labute approximate surface area is 239 Å². The summed E-state index contributed by atoms with van der Waals surface area (Å²) in [7, 11) is 0. The van der Waals surface area contributed by atoms with Gasteiger partial charge in [0.1, 0.15) is 31.1 Å². The van der Waals surface area contributed by atoms with Crippen LogP contribution in [0.1, 0.15) is 43.4 Å². The minimum Gasteiger partial charge on any atom is -0.489 e. The molecule has 2 aromatic carbocycles. The summed E-state index contributed by atoms with van der Waals surface area (Å²) >= 11 is 0. The van der Waals surface area contributed by atoms with Gasteiger partial charge in [0.2, 0.25) is 5.60 Å². The summed E-state index contributed by atoms with van der Waals surface area (Å²) in [5.74, 6) is 0.739. The first kappa shape index (κ1) is 31.1. The number of alkyl halides is 5. The highest BCUT2D eigenvalue weighted by Crippen LogP contribution is 2.44. The molecule has 1 saturated heterocycles. The Bertz CT molecular complexity index is 1350.